The van der Waals surface area contributed by atoms with Crippen molar-refractivity contribution < 1.29 is 5.11 Å². The Morgan fingerprint density at radius 1 is 1.14 bits per heavy atom. The molecule has 0 aliphatic heterocycles. The third-order valence-corrected chi connectivity index (χ3v) is 9.99. The van der Waals surface area contributed by atoms with Crippen LogP contribution >= 0.6 is 0 Å². The van der Waals surface area contributed by atoms with Crippen molar-refractivity contribution in [3.63, 3.8) is 0 Å². The molecule has 0 aromatic rings. The van der Waals surface area contributed by atoms with E-state index in [1.54, 1.807) is 5.57 Å². The first kappa shape index (κ1) is 20.7. The Morgan fingerprint density at radius 3 is 2.68 bits per heavy atom. The summed E-state index contributed by atoms with van der Waals surface area (Å²) in [4.78, 5) is 0. The van der Waals surface area contributed by atoms with Crippen molar-refractivity contribution in [1.82, 2.24) is 0 Å². The molecule has 0 spiro atoms. The van der Waals surface area contributed by atoms with Gasteiger partial charge < -0.3 is 5.11 Å². The second kappa shape index (κ2) is 7.60. The van der Waals surface area contributed by atoms with Crippen molar-refractivity contribution in [3.05, 3.63) is 23.3 Å². The zero-order valence-electron chi connectivity index (χ0n) is 19.1. The molecule has 3 fully saturated rings. The van der Waals surface area contributed by atoms with Crippen LogP contribution in [-0.2, 0) is 0 Å². The Balaban J connectivity index is 1.68. The maximum absolute atomic E-state index is 11.1. The molecule has 0 saturated heterocycles. The predicted octanol–water partition coefficient (Wildman–Crippen LogP) is 7.31. The molecule has 1 N–H and O–H groups in total. The van der Waals surface area contributed by atoms with E-state index in [0.29, 0.717) is 16.7 Å². The number of hydrogen-bond acceptors (Lipinski definition) is 1. The van der Waals surface area contributed by atoms with Crippen LogP contribution in [0.1, 0.15) is 98.8 Å². The van der Waals surface area contributed by atoms with Gasteiger partial charge in [-0.1, -0.05) is 50.5 Å². The van der Waals surface area contributed by atoms with Gasteiger partial charge in [0.05, 0.1) is 6.10 Å². The van der Waals surface area contributed by atoms with Crippen LogP contribution in [0.15, 0.2) is 23.3 Å². The molecule has 1 heteroatoms. The van der Waals surface area contributed by atoms with Gasteiger partial charge in [-0.3, -0.25) is 0 Å². The lowest BCUT2D eigenvalue weighted by molar-refractivity contribution is -0.140. The van der Waals surface area contributed by atoms with Crippen LogP contribution in [0.3, 0.4) is 0 Å². The summed E-state index contributed by atoms with van der Waals surface area (Å²) in [6, 6.07) is 0. The van der Waals surface area contributed by atoms with E-state index in [1.807, 2.05) is 0 Å². The van der Waals surface area contributed by atoms with Gasteiger partial charge >= 0.3 is 0 Å². The van der Waals surface area contributed by atoms with Gasteiger partial charge in [-0.2, -0.15) is 0 Å². The monoisotopic (exact) mass is 384 g/mol. The van der Waals surface area contributed by atoms with Crippen LogP contribution in [-0.4, -0.2) is 11.2 Å². The minimum absolute atomic E-state index is 0.0995. The van der Waals surface area contributed by atoms with E-state index < -0.39 is 0 Å². The zero-order valence-corrected chi connectivity index (χ0v) is 19.1. The Hall–Kier alpha value is -0.560. The van der Waals surface area contributed by atoms with Gasteiger partial charge in [0, 0.05) is 5.92 Å². The van der Waals surface area contributed by atoms with E-state index in [0.717, 1.165) is 30.1 Å². The maximum atomic E-state index is 11.1. The first-order valence-electron chi connectivity index (χ1n) is 12.3. The van der Waals surface area contributed by atoms with Gasteiger partial charge in [0.15, 0.2) is 0 Å². The van der Waals surface area contributed by atoms with Crippen LogP contribution in [0.5, 0.6) is 0 Å². The summed E-state index contributed by atoms with van der Waals surface area (Å²) >= 11 is 0. The summed E-state index contributed by atoms with van der Waals surface area (Å²) in [5.41, 5.74) is 3.87. The predicted molar refractivity (Wildman–Crippen MR) is 119 cm³/mol. The van der Waals surface area contributed by atoms with Crippen molar-refractivity contribution in [2.45, 2.75) is 105 Å². The van der Waals surface area contributed by atoms with Crippen molar-refractivity contribution in [2.75, 3.05) is 0 Å². The van der Waals surface area contributed by atoms with Crippen molar-refractivity contribution in [3.8, 4) is 0 Å². The topological polar surface area (TPSA) is 20.2 Å². The van der Waals surface area contributed by atoms with Crippen LogP contribution in [0.25, 0.3) is 0 Å². The largest absolute Gasteiger partial charge is 0.392 e. The van der Waals surface area contributed by atoms with Crippen LogP contribution < -0.4 is 0 Å². The minimum atomic E-state index is -0.0995. The highest BCUT2D eigenvalue weighted by Gasteiger charge is 2.66. The highest BCUT2D eigenvalue weighted by atomic mass is 16.3. The molecule has 0 heterocycles. The second-order valence-corrected chi connectivity index (χ2v) is 11.6. The van der Waals surface area contributed by atoms with E-state index in [9.17, 15) is 5.11 Å². The molecule has 0 amide bonds. The van der Waals surface area contributed by atoms with Gasteiger partial charge in [-0.25, -0.2) is 0 Å². The molecule has 0 bridgehead atoms. The molecule has 0 radical (unpaired) electrons. The molecule has 3 saturated carbocycles. The van der Waals surface area contributed by atoms with Crippen molar-refractivity contribution in [2.24, 2.45) is 40.4 Å². The van der Waals surface area contributed by atoms with Gasteiger partial charge in [0.1, 0.15) is 0 Å². The molecule has 0 aromatic heterocycles. The van der Waals surface area contributed by atoms with Crippen LogP contribution in [0.2, 0.25) is 0 Å². The average molecular weight is 385 g/mol. The molecule has 158 valence electrons. The second-order valence-electron chi connectivity index (χ2n) is 11.6. The lowest BCUT2D eigenvalue weighted by Gasteiger charge is -2.64. The number of allylic oxidation sites excluding steroid dienone is 3. The fraction of sp³-hybridized carbons (Fsp3) is 0.852. The molecule has 8 atom stereocenters. The van der Waals surface area contributed by atoms with Gasteiger partial charge in [0.25, 0.3) is 0 Å². The molecule has 1 nitrogen and oxygen atoms in total. The molecule has 0 unspecified atom stereocenters. The quantitative estimate of drug-likeness (QED) is 0.504. The number of fused-ring (bicyclic) bond motifs is 6. The molecular weight excluding hydrogens is 340 g/mol. The Bertz CT molecular complexity index is 641. The summed E-state index contributed by atoms with van der Waals surface area (Å²) in [5, 5.41) is 11.1. The SMILES string of the molecule is CC(C)=CCC[C@@H](C)[C@@H]1CC[C@]2(C)[C@H]1[C@H]1CCCC=C1[C@@H]1[C@H](O)CCC[C@]12C. The minimum Gasteiger partial charge on any atom is -0.392 e. The number of hydrogen-bond donors (Lipinski definition) is 1. The lowest BCUT2D eigenvalue weighted by atomic mass is 9.40. The summed E-state index contributed by atoms with van der Waals surface area (Å²) in [6.45, 7) is 12.2. The van der Waals surface area contributed by atoms with Gasteiger partial charge in [-0.05, 0) is 106 Å². The molecule has 4 rings (SSSR count). The molecule has 4 aliphatic rings. The Morgan fingerprint density at radius 2 is 1.93 bits per heavy atom. The smallest absolute Gasteiger partial charge is 0.0611 e. The number of aliphatic hydroxyl groups is 1. The van der Waals surface area contributed by atoms with Crippen LogP contribution in [0.4, 0.5) is 0 Å². The third kappa shape index (κ3) is 3.06. The van der Waals surface area contributed by atoms with Gasteiger partial charge in [-0.15, -0.1) is 0 Å². The summed E-state index contributed by atoms with van der Waals surface area (Å²) in [5.74, 6) is 3.72. The van der Waals surface area contributed by atoms with E-state index in [-0.39, 0.29) is 6.10 Å². The Kier molecular flexibility index (Phi) is 5.62. The fourth-order valence-corrected chi connectivity index (χ4v) is 8.51. The highest BCUT2D eigenvalue weighted by molar-refractivity contribution is 5.30. The maximum Gasteiger partial charge on any atom is 0.0611 e. The number of rotatable bonds is 4. The van der Waals surface area contributed by atoms with Crippen molar-refractivity contribution in [1.29, 1.82) is 0 Å². The summed E-state index contributed by atoms with van der Waals surface area (Å²) in [6.07, 6.45) is 17.9. The molecular formula is C27H44O. The Labute approximate surface area is 174 Å². The molecule has 4 aliphatic carbocycles. The van der Waals surface area contributed by atoms with E-state index >= 15 is 0 Å². The zero-order chi connectivity index (χ0) is 20.1. The first-order chi connectivity index (χ1) is 13.3. The number of aliphatic hydroxyl groups excluding tert-OH is 1. The fourth-order valence-electron chi connectivity index (χ4n) is 8.51. The summed E-state index contributed by atoms with van der Waals surface area (Å²) in [7, 11) is 0. The molecule has 0 aromatic carbocycles. The van der Waals surface area contributed by atoms with Crippen LogP contribution in [0, 0.1) is 40.4 Å². The van der Waals surface area contributed by atoms with E-state index in [1.165, 1.54) is 63.4 Å². The first-order valence-corrected chi connectivity index (χ1v) is 12.3. The normalized spacial score (nSPS) is 46.1. The average Bonchev–Trinajstić information content (AvgIpc) is 3.01. The lowest BCUT2D eigenvalue weighted by Crippen LogP contribution is -2.59. The standard InChI is InChI=1S/C27H44O/c1-18(2)10-8-11-19(3)20-15-17-27(5)24(20)21-12-6-7-13-22(21)25-23(28)14-9-16-26(25,27)4/h10,13,19-21,23-25,28H,6-9,11-12,14-17H2,1-5H3/t19-,20+,21+,23-,24-,25-,26-,27-/m1/s1. The van der Waals surface area contributed by atoms with E-state index in [4.69, 9.17) is 0 Å². The third-order valence-electron chi connectivity index (χ3n) is 9.99. The summed E-state index contributed by atoms with van der Waals surface area (Å²) < 4.78 is 0. The highest BCUT2D eigenvalue weighted by Crippen LogP contribution is 2.72. The molecule has 28 heavy (non-hydrogen) atoms. The van der Waals surface area contributed by atoms with E-state index in [2.05, 4.69) is 46.8 Å². The van der Waals surface area contributed by atoms with Gasteiger partial charge in [0.2, 0.25) is 0 Å². The van der Waals surface area contributed by atoms with Crippen molar-refractivity contribution >= 4 is 0 Å².